The van der Waals surface area contributed by atoms with Crippen molar-refractivity contribution in [2.45, 2.75) is 41.5 Å². The molecule has 10 heteroatoms. The Bertz CT molecular complexity index is 1010. The normalized spacial score (nSPS) is 23.8. The Hall–Kier alpha value is -1.51. The number of hydrogen-bond donors (Lipinski definition) is 2. The van der Waals surface area contributed by atoms with E-state index in [1.54, 1.807) is 18.2 Å². The van der Waals surface area contributed by atoms with Gasteiger partial charge in [-0.3, -0.25) is 4.90 Å². The molecule has 4 rings (SSSR count). The van der Waals surface area contributed by atoms with Gasteiger partial charge in [-0.2, -0.15) is 13.2 Å². The van der Waals surface area contributed by atoms with Crippen LogP contribution in [0.15, 0.2) is 23.1 Å². The molecule has 4 nitrogen and oxygen atoms in total. The number of thiophene rings is 1. The van der Waals surface area contributed by atoms with E-state index in [2.05, 4.69) is 29.0 Å². The predicted molar refractivity (Wildman–Crippen MR) is 117 cm³/mol. The molecule has 0 amide bonds. The molecule has 0 spiro atoms. The minimum absolute atomic E-state index is 0.0571. The van der Waals surface area contributed by atoms with Crippen LogP contribution >= 0.6 is 23.1 Å². The molecular weight excluding hydrogens is 450 g/mol. The van der Waals surface area contributed by atoms with Crippen molar-refractivity contribution >= 4 is 38.9 Å². The predicted octanol–water partition coefficient (Wildman–Crippen LogP) is 4.44. The lowest BCUT2D eigenvalue weighted by Gasteiger charge is -2.50. The lowest BCUT2D eigenvalue weighted by molar-refractivity contribution is -0.142. The van der Waals surface area contributed by atoms with Crippen LogP contribution in [0.3, 0.4) is 0 Å². The fourth-order valence-corrected chi connectivity index (χ4v) is 6.00. The number of halogens is 4. The third-order valence-corrected chi connectivity index (χ3v) is 7.81. The summed E-state index contributed by atoms with van der Waals surface area (Å²) in [5, 5.41) is 3.72. The molecule has 31 heavy (non-hydrogen) atoms. The van der Waals surface area contributed by atoms with Gasteiger partial charge in [0.1, 0.15) is 6.17 Å². The first-order chi connectivity index (χ1) is 14.7. The van der Waals surface area contributed by atoms with E-state index in [1.807, 2.05) is 0 Å². The maximum atomic E-state index is 15.0. The molecular formula is C21H23F4N3OS2. The second-order valence-electron chi connectivity index (χ2n) is 7.99. The number of fused-ring (bicyclic) bond motifs is 1. The Balaban J connectivity index is 1.59. The molecule has 2 saturated heterocycles. The molecule has 0 unspecified atom stereocenters. The van der Waals surface area contributed by atoms with Gasteiger partial charge in [0.15, 0.2) is 0 Å². The van der Waals surface area contributed by atoms with Gasteiger partial charge in [0, 0.05) is 18.5 Å². The highest BCUT2D eigenvalue weighted by Gasteiger charge is 2.43. The molecule has 0 bridgehead atoms. The van der Waals surface area contributed by atoms with Crippen molar-refractivity contribution in [3.8, 4) is 11.8 Å². The van der Waals surface area contributed by atoms with Crippen molar-refractivity contribution < 1.29 is 22.3 Å². The van der Waals surface area contributed by atoms with Crippen LogP contribution in [0.1, 0.15) is 18.2 Å². The van der Waals surface area contributed by atoms with Gasteiger partial charge >= 0.3 is 5.51 Å². The van der Waals surface area contributed by atoms with Crippen LogP contribution in [-0.4, -0.2) is 61.0 Å². The van der Waals surface area contributed by atoms with Gasteiger partial charge in [0.05, 0.1) is 51.5 Å². The zero-order chi connectivity index (χ0) is 22.2. The van der Waals surface area contributed by atoms with Crippen LogP contribution in [0.25, 0.3) is 10.1 Å². The molecule has 2 aliphatic heterocycles. The van der Waals surface area contributed by atoms with Crippen LogP contribution in [0.5, 0.6) is 0 Å². The zero-order valence-electron chi connectivity index (χ0n) is 16.9. The number of nitrogens with one attached hydrogen (secondary N) is 1. The Morgan fingerprint density at radius 3 is 2.77 bits per heavy atom. The van der Waals surface area contributed by atoms with Crippen molar-refractivity contribution in [3.05, 3.63) is 23.1 Å². The number of nitrogens with zero attached hydrogens (tertiary/aromatic N) is 1. The Kier molecular flexibility index (Phi) is 6.43. The number of rotatable bonds is 4. The third kappa shape index (κ3) is 4.81. The van der Waals surface area contributed by atoms with Crippen molar-refractivity contribution in [2.24, 2.45) is 5.73 Å². The molecule has 2 aliphatic rings. The number of hydrogen-bond acceptors (Lipinski definition) is 6. The second kappa shape index (κ2) is 8.79. The van der Waals surface area contributed by atoms with Crippen molar-refractivity contribution in [1.29, 1.82) is 0 Å². The number of likely N-dealkylation sites (tertiary alicyclic amines) is 1. The molecule has 3 heterocycles. The maximum absolute atomic E-state index is 15.0. The summed E-state index contributed by atoms with van der Waals surface area (Å²) in [6.45, 7) is 4.40. The van der Waals surface area contributed by atoms with E-state index in [4.69, 9.17) is 10.5 Å². The van der Waals surface area contributed by atoms with E-state index < -0.39 is 17.7 Å². The molecule has 1 aromatic heterocycles. The van der Waals surface area contributed by atoms with Crippen LogP contribution in [-0.2, 0) is 4.74 Å². The summed E-state index contributed by atoms with van der Waals surface area (Å²) in [6, 6.07) is 4.70. The van der Waals surface area contributed by atoms with Crippen molar-refractivity contribution in [2.75, 3.05) is 38.2 Å². The number of piperidine rings is 1. The highest BCUT2D eigenvalue weighted by Crippen LogP contribution is 2.47. The number of thioether (sulfide) groups is 1. The standard InChI is InChI=1S/C21H23F4N3OS2/c1-20(11-29-12-20)28-9-7-15(14(22)10-28)27-16-5-2-4-13-18(16)30-17(6-3-8-26)19(13)31-21(23,24)25/h2,4-5,14-15,27H,7-12,26H2,1H3/t14-,15+/m0/s1. The Morgan fingerprint density at radius 2 is 2.16 bits per heavy atom. The highest BCUT2D eigenvalue weighted by molar-refractivity contribution is 8.00. The summed E-state index contributed by atoms with van der Waals surface area (Å²) in [5.74, 6) is 5.40. The lowest BCUT2D eigenvalue weighted by atomic mass is 9.92. The van der Waals surface area contributed by atoms with Crippen molar-refractivity contribution in [1.82, 2.24) is 4.90 Å². The quantitative estimate of drug-likeness (QED) is 0.391. The molecule has 0 radical (unpaired) electrons. The van der Waals surface area contributed by atoms with Crippen LogP contribution < -0.4 is 11.1 Å². The van der Waals surface area contributed by atoms with Gasteiger partial charge in [0.25, 0.3) is 0 Å². The summed E-state index contributed by atoms with van der Waals surface area (Å²) in [5.41, 5.74) is 1.50. The summed E-state index contributed by atoms with van der Waals surface area (Å²) in [4.78, 5) is 2.52. The van der Waals surface area contributed by atoms with Gasteiger partial charge in [-0.05, 0) is 31.2 Å². The first kappa shape index (κ1) is 22.7. The third-order valence-electron chi connectivity index (χ3n) is 5.66. The number of benzene rings is 1. The van der Waals surface area contributed by atoms with E-state index in [-0.39, 0.29) is 28.7 Å². The second-order valence-corrected chi connectivity index (χ2v) is 10.1. The van der Waals surface area contributed by atoms with Crippen LogP contribution in [0, 0.1) is 11.8 Å². The van der Waals surface area contributed by atoms with Gasteiger partial charge < -0.3 is 15.8 Å². The summed E-state index contributed by atoms with van der Waals surface area (Å²) in [7, 11) is 0. The molecule has 3 N–H and O–H groups in total. The van der Waals surface area contributed by atoms with Crippen molar-refractivity contribution in [3.63, 3.8) is 0 Å². The van der Waals surface area contributed by atoms with Gasteiger partial charge in [-0.15, -0.1) is 11.3 Å². The summed E-state index contributed by atoms with van der Waals surface area (Å²) < 4.78 is 60.4. The van der Waals surface area contributed by atoms with Crippen LogP contribution in [0.4, 0.5) is 23.2 Å². The average molecular weight is 474 g/mol. The molecule has 2 fully saturated rings. The molecule has 2 aromatic rings. The summed E-state index contributed by atoms with van der Waals surface area (Å²) >= 11 is 1.00. The minimum Gasteiger partial charge on any atom is -0.378 e. The fourth-order valence-electron chi connectivity index (χ4n) is 3.98. The molecule has 168 valence electrons. The first-order valence-corrected chi connectivity index (χ1v) is 11.6. The van der Waals surface area contributed by atoms with E-state index in [1.165, 1.54) is 11.3 Å². The summed E-state index contributed by atoms with van der Waals surface area (Å²) in [6.07, 6.45) is -0.496. The average Bonchev–Trinajstić information content (AvgIpc) is 3.03. The number of anilines is 1. The van der Waals surface area contributed by atoms with Crippen LogP contribution in [0.2, 0.25) is 0 Å². The van der Waals surface area contributed by atoms with Gasteiger partial charge in [-0.1, -0.05) is 24.0 Å². The number of nitrogens with two attached hydrogens (primary N) is 1. The first-order valence-electron chi connectivity index (χ1n) is 9.94. The van der Waals surface area contributed by atoms with E-state index in [0.717, 1.165) is 6.54 Å². The molecule has 2 atom stereocenters. The number of alkyl halides is 4. The minimum atomic E-state index is -4.44. The van der Waals surface area contributed by atoms with E-state index in [9.17, 15) is 13.2 Å². The molecule has 0 aliphatic carbocycles. The smallest absolute Gasteiger partial charge is 0.378 e. The Labute approximate surface area is 186 Å². The molecule has 1 aromatic carbocycles. The van der Waals surface area contributed by atoms with E-state index in [0.29, 0.717) is 46.8 Å². The SMILES string of the molecule is CC1(N2CC[C@@H](Nc3cccc4c(SC(F)(F)F)c(C#CCN)sc34)[C@@H](F)C2)COC1. The fraction of sp³-hybridized carbons (Fsp3) is 0.524. The zero-order valence-corrected chi connectivity index (χ0v) is 18.5. The topological polar surface area (TPSA) is 50.5 Å². The number of ether oxygens (including phenoxy) is 1. The Morgan fingerprint density at radius 1 is 1.39 bits per heavy atom. The van der Waals surface area contributed by atoms with E-state index >= 15 is 4.39 Å². The highest BCUT2D eigenvalue weighted by atomic mass is 32.2. The lowest BCUT2D eigenvalue weighted by Crippen LogP contribution is -2.64. The van der Waals surface area contributed by atoms with Gasteiger partial charge in [-0.25, -0.2) is 4.39 Å². The van der Waals surface area contributed by atoms with Gasteiger partial charge in [0.2, 0.25) is 0 Å². The molecule has 0 saturated carbocycles. The largest absolute Gasteiger partial charge is 0.446 e. The maximum Gasteiger partial charge on any atom is 0.446 e. The monoisotopic (exact) mass is 473 g/mol.